The van der Waals surface area contributed by atoms with Gasteiger partial charge in [0.15, 0.2) is 0 Å². The minimum absolute atomic E-state index is 0.00514. The van der Waals surface area contributed by atoms with Gasteiger partial charge in [0.2, 0.25) is 5.91 Å². The fourth-order valence-corrected chi connectivity index (χ4v) is 3.82. The van der Waals surface area contributed by atoms with Gasteiger partial charge in [-0.25, -0.2) is 4.79 Å². The molecule has 0 radical (unpaired) electrons. The number of benzene rings is 2. The topological polar surface area (TPSA) is 61.4 Å². The van der Waals surface area contributed by atoms with E-state index in [1.807, 2.05) is 62.4 Å². The second-order valence-corrected chi connectivity index (χ2v) is 8.18. The van der Waals surface area contributed by atoms with Crippen LogP contribution in [0.25, 0.3) is 0 Å². The molecule has 0 saturated carbocycles. The molecular weight excluding hydrogens is 362 g/mol. The summed E-state index contributed by atoms with van der Waals surface area (Å²) in [6.45, 7) is 7.70. The molecule has 0 bridgehead atoms. The Hall–Kier alpha value is -2.82. The number of hydrogen-bond acceptors (Lipinski definition) is 2. The highest BCUT2D eigenvalue weighted by molar-refractivity contribution is 5.90. The summed E-state index contributed by atoms with van der Waals surface area (Å²) in [5.41, 5.74) is 3.72. The van der Waals surface area contributed by atoms with Crippen molar-refractivity contribution in [3.8, 4) is 0 Å². The van der Waals surface area contributed by atoms with Crippen LogP contribution in [-0.2, 0) is 17.8 Å². The smallest absolute Gasteiger partial charge is 0.321 e. The van der Waals surface area contributed by atoms with E-state index in [2.05, 4.69) is 17.6 Å². The quantitative estimate of drug-likeness (QED) is 0.785. The number of nitrogens with one attached hydrogen (secondary N) is 2. The highest BCUT2D eigenvalue weighted by Crippen LogP contribution is 2.30. The number of aryl methyl sites for hydroxylation is 2. The number of urea groups is 1. The number of amides is 3. The zero-order valence-electron chi connectivity index (χ0n) is 17.6. The van der Waals surface area contributed by atoms with Crippen LogP contribution in [-0.4, -0.2) is 29.9 Å². The molecule has 2 aromatic carbocycles. The third-order valence-electron chi connectivity index (χ3n) is 5.85. The van der Waals surface area contributed by atoms with Gasteiger partial charge < -0.3 is 15.5 Å². The molecule has 3 rings (SSSR count). The lowest BCUT2D eigenvalue weighted by atomic mass is 9.81. The molecule has 0 aliphatic carbocycles. The van der Waals surface area contributed by atoms with Gasteiger partial charge in [-0.2, -0.15) is 0 Å². The van der Waals surface area contributed by atoms with E-state index < -0.39 is 5.41 Å². The van der Waals surface area contributed by atoms with E-state index >= 15 is 0 Å². The number of likely N-dealkylation sites (tertiary alicyclic amines) is 1. The number of carbonyl (C=O) groups is 2. The molecule has 1 saturated heterocycles. The van der Waals surface area contributed by atoms with E-state index in [4.69, 9.17) is 0 Å². The van der Waals surface area contributed by atoms with Gasteiger partial charge in [0.25, 0.3) is 0 Å². The molecule has 2 N–H and O–H groups in total. The first-order valence-corrected chi connectivity index (χ1v) is 10.4. The van der Waals surface area contributed by atoms with Crippen LogP contribution in [0.2, 0.25) is 0 Å². The van der Waals surface area contributed by atoms with Gasteiger partial charge in [0.05, 0.1) is 5.41 Å². The van der Waals surface area contributed by atoms with Crippen LogP contribution in [0.3, 0.4) is 0 Å². The molecule has 154 valence electrons. The maximum atomic E-state index is 12.9. The molecule has 1 atom stereocenters. The molecule has 3 amide bonds. The molecule has 0 aromatic heterocycles. The van der Waals surface area contributed by atoms with E-state index in [0.29, 0.717) is 19.6 Å². The Labute approximate surface area is 173 Å². The van der Waals surface area contributed by atoms with E-state index in [1.165, 1.54) is 5.56 Å². The summed E-state index contributed by atoms with van der Waals surface area (Å²) >= 11 is 0. The first-order chi connectivity index (χ1) is 13.9. The van der Waals surface area contributed by atoms with Crippen LogP contribution in [0.4, 0.5) is 10.5 Å². The molecule has 5 nitrogen and oxygen atoms in total. The van der Waals surface area contributed by atoms with Crippen molar-refractivity contribution in [1.29, 1.82) is 0 Å². The van der Waals surface area contributed by atoms with Crippen molar-refractivity contribution in [1.82, 2.24) is 10.2 Å². The Bertz CT molecular complexity index is 863. The van der Waals surface area contributed by atoms with E-state index in [9.17, 15) is 9.59 Å². The lowest BCUT2D eigenvalue weighted by Gasteiger charge is -2.39. The molecule has 1 heterocycles. The summed E-state index contributed by atoms with van der Waals surface area (Å²) in [5, 5.41) is 6.03. The van der Waals surface area contributed by atoms with Gasteiger partial charge in [0, 0.05) is 25.3 Å². The normalized spacial score (nSPS) is 18.9. The van der Waals surface area contributed by atoms with Crippen LogP contribution in [0.5, 0.6) is 0 Å². The van der Waals surface area contributed by atoms with Crippen molar-refractivity contribution in [3.63, 3.8) is 0 Å². The van der Waals surface area contributed by atoms with Crippen LogP contribution in [0.1, 0.15) is 43.4 Å². The zero-order valence-corrected chi connectivity index (χ0v) is 17.6. The number of piperidine rings is 1. The number of carbonyl (C=O) groups excluding carboxylic acids is 2. The maximum absolute atomic E-state index is 12.9. The fraction of sp³-hybridized carbons (Fsp3) is 0.417. The molecule has 29 heavy (non-hydrogen) atoms. The van der Waals surface area contributed by atoms with Crippen LogP contribution < -0.4 is 10.6 Å². The predicted molar refractivity (Wildman–Crippen MR) is 117 cm³/mol. The fourth-order valence-electron chi connectivity index (χ4n) is 3.82. The first-order valence-electron chi connectivity index (χ1n) is 10.4. The van der Waals surface area contributed by atoms with Crippen molar-refractivity contribution >= 4 is 17.6 Å². The second kappa shape index (κ2) is 9.12. The Morgan fingerprint density at radius 3 is 2.52 bits per heavy atom. The first kappa shape index (κ1) is 20.9. The predicted octanol–water partition coefficient (Wildman–Crippen LogP) is 4.51. The third-order valence-corrected chi connectivity index (χ3v) is 5.85. The Morgan fingerprint density at radius 1 is 1.10 bits per heavy atom. The highest BCUT2D eigenvalue weighted by atomic mass is 16.2. The Kier molecular flexibility index (Phi) is 6.57. The molecule has 1 fully saturated rings. The van der Waals surface area contributed by atoms with Crippen molar-refractivity contribution in [2.75, 3.05) is 18.4 Å². The highest BCUT2D eigenvalue weighted by Gasteiger charge is 2.39. The van der Waals surface area contributed by atoms with Gasteiger partial charge in [-0.1, -0.05) is 43.3 Å². The maximum Gasteiger partial charge on any atom is 0.321 e. The summed E-state index contributed by atoms with van der Waals surface area (Å²) in [6, 6.07) is 15.8. The zero-order chi connectivity index (χ0) is 20.9. The third kappa shape index (κ3) is 5.17. The summed E-state index contributed by atoms with van der Waals surface area (Å²) in [7, 11) is 0. The number of anilines is 1. The second-order valence-electron chi connectivity index (χ2n) is 8.18. The summed E-state index contributed by atoms with van der Waals surface area (Å²) in [5.74, 6) is 0.00514. The van der Waals surface area contributed by atoms with E-state index in [-0.39, 0.29) is 11.9 Å². The lowest BCUT2D eigenvalue weighted by Crippen LogP contribution is -2.52. The minimum Gasteiger partial charge on any atom is -0.351 e. The minimum atomic E-state index is -0.579. The SMILES string of the molecule is CCc1ccc(NC(=O)N2CCCC(C)(C(=O)NCc3ccccc3C)C2)cc1. The largest absolute Gasteiger partial charge is 0.351 e. The van der Waals surface area contributed by atoms with Gasteiger partial charge in [0.1, 0.15) is 0 Å². The summed E-state index contributed by atoms with van der Waals surface area (Å²) < 4.78 is 0. The van der Waals surface area contributed by atoms with Gasteiger partial charge in [-0.15, -0.1) is 0 Å². The Balaban J connectivity index is 1.59. The van der Waals surface area contributed by atoms with E-state index in [0.717, 1.165) is 36.1 Å². The Morgan fingerprint density at radius 2 is 1.83 bits per heavy atom. The average molecular weight is 394 g/mol. The molecule has 2 aromatic rings. The van der Waals surface area contributed by atoms with Crippen LogP contribution >= 0.6 is 0 Å². The molecule has 1 aliphatic rings. The molecule has 1 unspecified atom stereocenters. The van der Waals surface area contributed by atoms with Crippen molar-refractivity contribution in [3.05, 3.63) is 65.2 Å². The van der Waals surface area contributed by atoms with Crippen molar-refractivity contribution < 1.29 is 9.59 Å². The summed E-state index contributed by atoms with van der Waals surface area (Å²) in [6.07, 6.45) is 2.56. The average Bonchev–Trinajstić information content (AvgIpc) is 2.73. The molecule has 5 heteroatoms. The monoisotopic (exact) mass is 393 g/mol. The standard InChI is InChI=1S/C24H31N3O2/c1-4-19-10-12-21(13-11-19)26-23(29)27-15-7-14-24(3,17-27)22(28)25-16-20-9-6-5-8-18(20)2/h5-6,8-13H,4,7,14-17H2,1-3H3,(H,25,28)(H,26,29). The molecule has 1 aliphatic heterocycles. The lowest BCUT2D eigenvalue weighted by molar-refractivity contribution is -0.132. The van der Waals surface area contributed by atoms with Gasteiger partial charge >= 0.3 is 6.03 Å². The molecular formula is C24H31N3O2. The number of hydrogen-bond donors (Lipinski definition) is 2. The molecule has 0 spiro atoms. The van der Waals surface area contributed by atoms with Crippen molar-refractivity contribution in [2.24, 2.45) is 5.41 Å². The number of rotatable bonds is 5. The van der Waals surface area contributed by atoms with Gasteiger partial charge in [-0.3, -0.25) is 4.79 Å². The van der Waals surface area contributed by atoms with Crippen molar-refractivity contribution in [2.45, 2.75) is 46.6 Å². The van der Waals surface area contributed by atoms with Gasteiger partial charge in [-0.05, 0) is 61.9 Å². The number of nitrogens with zero attached hydrogens (tertiary/aromatic N) is 1. The van der Waals surface area contributed by atoms with E-state index in [1.54, 1.807) is 4.90 Å². The summed E-state index contributed by atoms with van der Waals surface area (Å²) in [4.78, 5) is 27.4. The van der Waals surface area contributed by atoms with Crippen LogP contribution in [0, 0.1) is 12.3 Å². The van der Waals surface area contributed by atoms with Crippen LogP contribution in [0.15, 0.2) is 48.5 Å².